The van der Waals surface area contributed by atoms with Crippen LogP contribution < -0.4 is 4.74 Å². The Bertz CT molecular complexity index is 616. The van der Waals surface area contributed by atoms with Crippen LogP contribution >= 0.6 is 11.8 Å². The van der Waals surface area contributed by atoms with Crippen molar-refractivity contribution in [1.29, 1.82) is 0 Å². The third-order valence-electron chi connectivity index (χ3n) is 3.76. The molecule has 1 aromatic heterocycles. The number of nitrogens with zero attached hydrogens (tertiary/aromatic N) is 2. The molecule has 3 nitrogen and oxygen atoms in total. The molecule has 0 radical (unpaired) electrons. The summed E-state index contributed by atoms with van der Waals surface area (Å²) in [5, 5.41) is 1.46. The summed E-state index contributed by atoms with van der Waals surface area (Å²) >= 11 is 1.73. The normalized spacial score (nSPS) is 17.7. The van der Waals surface area contributed by atoms with Crippen LogP contribution in [0.15, 0.2) is 41.6 Å². The lowest BCUT2D eigenvalue weighted by molar-refractivity contribution is 0.283. The standard InChI is InChI=1S/C18H22N2OS/c1-13(2)22-17-12-19-16-11-15(8-9-21-18(16)20-17)10-14-6-4-3-5-7-14/h3-7,12-13,15H,8-11H2,1-2H3. The summed E-state index contributed by atoms with van der Waals surface area (Å²) in [5.41, 5.74) is 2.39. The highest BCUT2D eigenvalue weighted by Crippen LogP contribution is 2.29. The summed E-state index contributed by atoms with van der Waals surface area (Å²) in [4.78, 5) is 9.25. The van der Waals surface area contributed by atoms with Crippen molar-refractivity contribution in [3.63, 3.8) is 0 Å². The predicted octanol–water partition coefficient (Wildman–Crippen LogP) is 4.16. The minimum Gasteiger partial charge on any atom is -0.476 e. The summed E-state index contributed by atoms with van der Waals surface area (Å²) < 4.78 is 5.85. The molecule has 0 saturated carbocycles. The Labute approximate surface area is 136 Å². The van der Waals surface area contributed by atoms with Crippen LogP contribution in [0.3, 0.4) is 0 Å². The van der Waals surface area contributed by atoms with Gasteiger partial charge in [-0.2, -0.15) is 0 Å². The van der Waals surface area contributed by atoms with Gasteiger partial charge in [-0.1, -0.05) is 44.2 Å². The van der Waals surface area contributed by atoms with Gasteiger partial charge in [-0.15, -0.1) is 11.8 Å². The molecule has 1 aliphatic heterocycles. The minimum atomic E-state index is 0.504. The number of benzene rings is 1. The molecule has 22 heavy (non-hydrogen) atoms. The Balaban J connectivity index is 1.73. The molecule has 1 aromatic carbocycles. The lowest BCUT2D eigenvalue weighted by atomic mass is 9.92. The molecule has 0 fully saturated rings. The van der Waals surface area contributed by atoms with Gasteiger partial charge in [0.1, 0.15) is 10.7 Å². The molecule has 116 valence electrons. The summed E-state index contributed by atoms with van der Waals surface area (Å²) in [6.07, 6.45) is 4.97. The van der Waals surface area contributed by atoms with Crippen LogP contribution in [0.1, 0.15) is 31.5 Å². The maximum Gasteiger partial charge on any atom is 0.236 e. The molecule has 2 aromatic rings. The third kappa shape index (κ3) is 4.01. The smallest absolute Gasteiger partial charge is 0.236 e. The SMILES string of the molecule is CC(C)Sc1cnc2c(n1)OCCC(Cc1ccccc1)C2. The maximum absolute atomic E-state index is 5.85. The van der Waals surface area contributed by atoms with E-state index in [1.165, 1.54) is 5.56 Å². The van der Waals surface area contributed by atoms with Crippen molar-refractivity contribution in [3.05, 3.63) is 47.8 Å². The van der Waals surface area contributed by atoms with Crippen LogP contribution in [0.5, 0.6) is 5.88 Å². The first-order valence-corrected chi connectivity index (χ1v) is 8.78. The van der Waals surface area contributed by atoms with Crippen molar-refractivity contribution >= 4 is 11.8 Å². The van der Waals surface area contributed by atoms with Gasteiger partial charge in [-0.3, -0.25) is 4.98 Å². The van der Waals surface area contributed by atoms with Crippen LogP contribution in [-0.2, 0) is 12.8 Å². The van der Waals surface area contributed by atoms with Gasteiger partial charge in [0.05, 0.1) is 12.8 Å². The summed E-state index contributed by atoms with van der Waals surface area (Å²) in [6, 6.07) is 10.7. The van der Waals surface area contributed by atoms with E-state index < -0.39 is 0 Å². The van der Waals surface area contributed by atoms with E-state index in [-0.39, 0.29) is 0 Å². The second-order valence-electron chi connectivity index (χ2n) is 6.02. The molecule has 0 saturated heterocycles. The van der Waals surface area contributed by atoms with Crippen molar-refractivity contribution < 1.29 is 4.74 Å². The third-order valence-corrected chi connectivity index (χ3v) is 4.67. The number of aromatic nitrogens is 2. The van der Waals surface area contributed by atoms with Crippen molar-refractivity contribution in [2.45, 2.75) is 43.4 Å². The monoisotopic (exact) mass is 314 g/mol. The zero-order valence-electron chi connectivity index (χ0n) is 13.2. The molecule has 1 aliphatic rings. The first-order chi connectivity index (χ1) is 10.7. The quantitative estimate of drug-likeness (QED) is 0.794. The Morgan fingerprint density at radius 2 is 2.09 bits per heavy atom. The molecule has 0 bridgehead atoms. The number of fused-ring (bicyclic) bond motifs is 1. The number of rotatable bonds is 4. The number of hydrogen-bond donors (Lipinski definition) is 0. The fraction of sp³-hybridized carbons (Fsp3) is 0.444. The summed E-state index contributed by atoms with van der Waals surface area (Å²) in [7, 11) is 0. The fourth-order valence-electron chi connectivity index (χ4n) is 2.76. The molecule has 0 spiro atoms. The van der Waals surface area contributed by atoms with Crippen LogP contribution in [0.2, 0.25) is 0 Å². The summed E-state index contributed by atoms with van der Waals surface area (Å²) in [5.74, 6) is 1.31. The van der Waals surface area contributed by atoms with Crippen LogP contribution in [0, 0.1) is 5.92 Å². The zero-order chi connectivity index (χ0) is 15.4. The van der Waals surface area contributed by atoms with Gasteiger partial charge in [0.2, 0.25) is 5.88 Å². The van der Waals surface area contributed by atoms with E-state index in [9.17, 15) is 0 Å². The van der Waals surface area contributed by atoms with Gasteiger partial charge >= 0.3 is 0 Å². The molecule has 1 atom stereocenters. The van der Waals surface area contributed by atoms with E-state index in [1.807, 2.05) is 6.20 Å². The van der Waals surface area contributed by atoms with Crippen molar-refractivity contribution in [2.24, 2.45) is 5.92 Å². The highest BCUT2D eigenvalue weighted by atomic mass is 32.2. The van der Waals surface area contributed by atoms with E-state index in [0.717, 1.165) is 42.5 Å². The Morgan fingerprint density at radius 1 is 1.27 bits per heavy atom. The molecule has 3 rings (SSSR count). The average Bonchev–Trinajstić information content (AvgIpc) is 2.69. The topological polar surface area (TPSA) is 35.0 Å². The van der Waals surface area contributed by atoms with Gasteiger partial charge in [-0.25, -0.2) is 4.98 Å². The lowest BCUT2D eigenvalue weighted by Gasteiger charge is -2.13. The van der Waals surface area contributed by atoms with Gasteiger partial charge in [0, 0.05) is 5.25 Å². The second kappa shape index (κ2) is 7.14. The number of thioether (sulfide) groups is 1. The molecule has 2 heterocycles. The van der Waals surface area contributed by atoms with E-state index in [4.69, 9.17) is 4.74 Å². The minimum absolute atomic E-state index is 0.504. The second-order valence-corrected chi connectivity index (χ2v) is 7.62. The first-order valence-electron chi connectivity index (χ1n) is 7.90. The van der Waals surface area contributed by atoms with Gasteiger partial charge < -0.3 is 4.74 Å². The summed E-state index contributed by atoms with van der Waals surface area (Å²) in [6.45, 7) is 5.05. The van der Waals surface area contributed by atoms with Gasteiger partial charge in [-0.05, 0) is 30.7 Å². The zero-order valence-corrected chi connectivity index (χ0v) is 14.0. The van der Waals surface area contributed by atoms with Crippen LogP contribution in [-0.4, -0.2) is 21.8 Å². The number of hydrogen-bond acceptors (Lipinski definition) is 4. The number of ether oxygens (including phenoxy) is 1. The highest BCUT2D eigenvalue weighted by Gasteiger charge is 2.21. The molecule has 0 aliphatic carbocycles. The Kier molecular flexibility index (Phi) is 4.98. The van der Waals surface area contributed by atoms with E-state index >= 15 is 0 Å². The average molecular weight is 314 g/mol. The van der Waals surface area contributed by atoms with Crippen molar-refractivity contribution in [3.8, 4) is 5.88 Å². The van der Waals surface area contributed by atoms with Gasteiger partial charge in [0.15, 0.2) is 0 Å². The van der Waals surface area contributed by atoms with E-state index in [0.29, 0.717) is 11.2 Å². The largest absolute Gasteiger partial charge is 0.476 e. The van der Waals surface area contributed by atoms with Crippen molar-refractivity contribution in [2.75, 3.05) is 6.61 Å². The van der Waals surface area contributed by atoms with Crippen molar-refractivity contribution in [1.82, 2.24) is 9.97 Å². The molecule has 0 N–H and O–H groups in total. The van der Waals surface area contributed by atoms with Crippen LogP contribution in [0.4, 0.5) is 0 Å². The molecular formula is C18H22N2OS. The fourth-order valence-corrected chi connectivity index (χ4v) is 3.49. The Hall–Kier alpha value is -1.55. The maximum atomic E-state index is 5.85. The molecule has 4 heteroatoms. The van der Waals surface area contributed by atoms with E-state index in [1.54, 1.807) is 11.8 Å². The highest BCUT2D eigenvalue weighted by molar-refractivity contribution is 7.99. The lowest BCUT2D eigenvalue weighted by Crippen LogP contribution is -2.09. The first kappa shape index (κ1) is 15.3. The predicted molar refractivity (Wildman–Crippen MR) is 90.5 cm³/mol. The van der Waals surface area contributed by atoms with E-state index in [2.05, 4.69) is 54.1 Å². The Morgan fingerprint density at radius 3 is 2.86 bits per heavy atom. The molecule has 0 amide bonds. The molecule has 1 unspecified atom stereocenters. The van der Waals surface area contributed by atoms with Gasteiger partial charge in [0.25, 0.3) is 0 Å². The molecular weight excluding hydrogens is 292 g/mol. The van der Waals surface area contributed by atoms with Crippen LogP contribution in [0.25, 0.3) is 0 Å².